The molecule has 0 saturated carbocycles. The van der Waals surface area contributed by atoms with Crippen molar-refractivity contribution in [2.75, 3.05) is 0 Å². The van der Waals surface area contributed by atoms with Crippen LogP contribution in [-0.4, -0.2) is 20.8 Å². The third-order valence-electron chi connectivity index (χ3n) is 5.24. The van der Waals surface area contributed by atoms with Crippen LogP contribution in [0.3, 0.4) is 0 Å². The molecule has 0 spiro atoms. The fourth-order valence-electron chi connectivity index (χ4n) is 3.53. The van der Waals surface area contributed by atoms with E-state index in [4.69, 9.17) is 38.4 Å². The minimum absolute atomic E-state index is 0.00748. The van der Waals surface area contributed by atoms with E-state index in [1.54, 1.807) is 10.9 Å². The zero-order valence-corrected chi connectivity index (χ0v) is 17.8. The largest absolute Gasteiger partial charge is 0.392 e. The molecule has 1 aliphatic heterocycles. The Morgan fingerprint density at radius 2 is 1.67 bits per heavy atom. The van der Waals surface area contributed by atoms with Crippen LogP contribution in [0.25, 0.3) is 0 Å². The van der Waals surface area contributed by atoms with Crippen LogP contribution in [0, 0.1) is 0 Å². The molecule has 0 aliphatic carbocycles. The number of hydrogen-bond donors (Lipinski definition) is 2. The Kier molecular flexibility index (Phi) is 6.73. The Balaban J connectivity index is 1.59. The number of aromatic nitrogens is 2. The highest BCUT2D eigenvalue weighted by Crippen LogP contribution is 2.38. The van der Waals surface area contributed by atoms with E-state index in [0.717, 1.165) is 22.3 Å². The fraction of sp³-hybridized carbons (Fsp3) is 0.318. The van der Waals surface area contributed by atoms with E-state index in [-0.39, 0.29) is 24.0 Å². The van der Waals surface area contributed by atoms with Gasteiger partial charge in [0.05, 0.1) is 31.7 Å². The Labute approximate surface area is 185 Å². The molecular weight excluding hydrogens is 425 g/mol. The third-order valence-corrected chi connectivity index (χ3v) is 6.01. The van der Waals surface area contributed by atoms with E-state index < -0.39 is 6.29 Å². The summed E-state index contributed by atoms with van der Waals surface area (Å²) in [6.07, 6.45) is 1.38. The number of aliphatic hydroxyl groups excluding tert-OH is 1. The van der Waals surface area contributed by atoms with E-state index >= 15 is 0 Å². The van der Waals surface area contributed by atoms with E-state index in [2.05, 4.69) is 4.98 Å². The Bertz CT molecular complexity index is 921. The standard InChI is InChI=1S/C22H23Cl2N3O3/c23-20-21(24)27(13-26-20)11-18-9-19(16-5-3-15(12-28)4-6-16)30-22(29-18)17-7-1-14(10-25)2-8-17/h1-8,13,18-19,22,28H,9-12,25H2/t18-,19+,22+/m0/s1. The van der Waals surface area contributed by atoms with Gasteiger partial charge in [-0.1, -0.05) is 71.7 Å². The van der Waals surface area contributed by atoms with Crippen molar-refractivity contribution in [3.05, 3.63) is 87.4 Å². The monoisotopic (exact) mass is 447 g/mol. The van der Waals surface area contributed by atoms with Gasteiger partial charge in [-0.15, -0.1) is 0 Å². The molecular formula is C22H23Cl2N3O3. The summed E-state index contributed by atoms with van der Waals surface area (Å²) in [5, 5.41) is 9.97. The quantitative estimate of drug-likeness (QED) is 0.585. The molecule has 0 bridgehead atoms. The van der Waals surface area contributed by atoms with E-state index in [0.29, 0.717) is 24.7 Å². The van der Waals surface area contributed by atoms with Crippen LogP contribution in [0.15, 0.2) is 54.9 Å². The van der Waals surface area contributed by atoms with Gasteiger partial charge in [-0.2, -0.15) is 0 Å². The maximum absolute atomic E-state index is 9.31. The highest BCUT2D eigenvalue weighted by atomic mass is 35.5. The van der Waals surface area contributed by atoms with Crippen LogP contribution in [-0.2, 0) is 29.2 Å². The summed E-state index contributed by atoms with van der Waals surface area (Å²) < 4.78 is 14.4. The second-order valence-corrected chi connectivity index (χ2v) is 7.99. The molecule has 30 heavy (non-hydrogen) atoms. The molecule has 0 unspecified atom stereocenters. The second-order valence-electron chi connectivity index (χ2n) is 7.27. The first-order valence-electron chi connectivity index (χ1n) is 9.73. The van der Waals surface area contributed by atoms with Gasteiger partial charge in [0, 0.05) is 18.5 Å². The van der Waals surface area contributed by atoms with Crippen molar-refractivity contribution in [2.45, 2.75) is 44.6 Å². The molecule has 4 rings (SSSR count). The molecule has 0 radical (unpaired) electrons. The SMILES string of the molecule is NCc1ccc([C@@H]2O[C@H](Cn3cnc(Cl)c3Cl)C[C@H](c3ccc(CO)cc3)O2)cc1. The molecule has 2 heterocycles. The Morgan fingerprint density at radius 1 is 1.00 bits per heavy atom. The van der Waals surface area contributed by atoms with Crippen molar-refractivity contribution in [2.24, 2.45) is 5.73 Å². The third kappa shape index (κ3) is 4.70. The first-order chi connectivity index (χ1) is 14.6. The van der Waals surface area contributed by atoms with Gasteiger partial charge in [-0.3, -0.25) is 0 Å². The van der Waals surface area contributed by atoms with Crippen LogP contribution in [0.2, 0.25) is 10.3 Å². The number of benzene rings is 2. The molecule has 1 saturated heterocycles. The lowest BCUT2D eigenvalue weighted by atomic mass is 10.00. The van der Waals surface area contributed by atoms with Crippen LogP contribution >= 0.6 is 23.2 Å². The van der Waals surface area contributed by atoms with Crippen molar-refractivity contribution < 1.29 is 14.6 Å². The first-order valence-corrected chi connectivity index (χ1v) is 10.5. The van der Waals surface area contributed by atoms with Crippen molar-refractivity contribution >= 4 is 23.2 Å². The van der Waals surface area contributed by atoms with Gasteiger partial charge in [0.1, 0.15) is 5.15 Å². The van der Waals surface area contributed by atoms with Crippen LogP contribution in [0.1, 0.15) is 41.1 Å². The maximum Gasteiger partial charge on any atom is 0.184 e. The van der Waals surface area contributed by atoms with Gasteiger partial charge < -0.3 is 24.9 Å². The van der Waals surface area contributed by atoms with Gasteiger partial charge >= 0.3 is 0 Å². The molecule has 0 amide bonds. The predicted molar refractivity (Wildman–Crippen MR) is 115 cm³/mol. The van der Waals surface area contributed by atoms with Gasteiger partial charge in [0.2, 0.25) is 0 Å². The van der Waals surface area contributed by atoms with Crippen molar-refractivity contribution in [1.29, 1.82) is 0 Å². The van der Waals surface area contributed by atoms with E-state index in [1.165, 1.54) is 0 Å². The van der Waals surface area contributed by atoms with Gasteiger partial charge in [0.15, 0.2) is 11.4 Å². The van der Waals surface area contributed by atoms with Gasteiger partial charge in [0.25, 0.3) is 0 Å². The van der Waals surface area contributed by atoms with E-state index in [9.17, 15) is 5.11 Å². The summed E-state index contributed by atoms with van der Waals surface area (Å²) in [7, 11) is 0. The number of imidazole rings is 1. The minimum atomic E-state index is -0.532. The van der Waals surface area contributed by atoms with Crippen molar-refractivity contribution in [3.63, 3.8) is 0 Å². The summed E-state index contributed by atoms with van der Waals surface area (Å²) >= 11 is 12.2. The Morgan fingerprint density at radius 3 is 2.27 bits per heavy atom. The topological polar surface area (TPSA) is 82.5 Å². The summed E-state index contributed by atoms with van der Waals surface area (Å²) in [6, 6.07) is 15.7. The minimum Gasteiger partial charge on any atom is -0.392 e. The molecule has 158 valence electrons. The van der Waals surface area contributed by atoms with Crippen molar-refractivity contribution in [1.82, 2.24) is 9.55 Å². The summed E-state index contributed by atoms with van der Waals surface area (Å²) in [5.41, 5.74) is 9.56. The van der Waals surface area contributed by atoms with Crippen LogP contribution < -0.4 is 5.73 Å². The summed E-state index contributed by atoms with van der Waals surface area (Å²) in [5.74, 6) is 0. The normalized spacial score (nSPS) is 21.7. The predicted octanol–water partition coefficient (Wildman–Crippen LogP) is 4.39. The number of nitrogens with two attached hydrogens (primary N) is 1. The lowest BCUT2D eigenvalue weighted by Crippen LogP contribution is -2.32. The molecule has 1 aromatic heterocycles. The van der Waals surface area contributed by atoms with Gasteiger partial charge in [-0.25, -0.2) is 4.98 Å². The number of ether oxygens (including phenoxy) is 2. The number of halogens is 2. The molecule has 6 nitrogen and oxygen atoms in total. The maximum atomic E-state index is 9.31. The second kappa shape index (κ2) is 9.47. The lowest BCUT2D eigenvalue weighted by Gasteiger charge is -2.36. The molecule has 1 fully saturated rings. The van der Waals surface area contributed by atoms with Crippen LogP contribution in [0.4, 0.5) is 0 Å². The van der Waals surface area contributed by atoms with Crippen molar-refractivity contribution in [3.8, 4) is 0 Å². The molecule has 3 aromatic rings. The summed E-state index contributed by atoms with van der Waals surface area (Å²) in [6.45, 7) is 0.993. The highest BCUT2D eigenvalue weighted by Gasteiger charge is 2.32. The fourth-order valence-corrected chi connectivity index (χ4v) is 3.85. The van der Waals surface area contributed by atoms with E-state index in [1.807, 2.05) is 48.5 Å². The number of aliphatic hydroxyl groups is 1. The Hall–Kier alpha value is -1.93. The molecule has 8 heteroatoms. The highest BCUT2D eigenvalue weighted by molar-refractivity contribution is 6.40. The zero-order chi connectivity index (χ0) is 21.1. The number of rotatable bonds is 6. The molecule has 1 aliphatic rings. The first kappa shape index (κ1) is 21.3. The zero-order valence-electron chi connectivity index (χ0n) is 16.2. The molecule has 3 atom stereocenters. The smallest absolute Gasteiger partial charge is 0.184 e. The van der Waals surface area contributed by atoms with Crippen LogP contribution in [0.5, 0.6) is 0 Å². The van der Waals surface area contributed by atoms with Gasteiger partial charge in [-0.05, 0) is 16.7 Å². The lowest BCUT2D eigenvalue weighted by molar-refractivity contribution is -0.252. The summed E-state index contributed by atoms with van der Waals surface area (Å²) in [4.78, 5) is 4.05. The molecule has 3 N–H and O–H groups in total. The average molecular weight is 448 g/mol. The molecule has 2 aromatic carbocycles. The number of hydrogen-bond acceptors (Lipinski definition) is 5. The average Bonchev–Trinajstić information content (AvgIpc) is 3.11. The number of nitrogens with zero attached hydrogens (tertiary/aromatic N) is 2.